The van der Waals surface area contributed by atoms with Gasteiger partial charge in [-0.1, -0.05) is 12.7 Å². The maximum Gasteiger partial charge on any atom is 0.419 e. The first-order valence-corrected chi connectivity index (χ1v) is 10.1. The molecule has 3 aromatic heterocycles. The molecule has 3 aromatic rings. The minimum atomic E-state index is -4.46. The molecular weight excluding hydrogens is 423 g/mol. The summed E-state index contributed by atoms with van der Waals surface area (Å²) in [6.45, 7) is 7.92. The molecular formula is C21H20F3N7O. The Hall–Kier alpha value is -3.50. The number of alkyl halides is 3. The van der Waals surface area contributed by atoms with E-state index in [1.54, 1.807) is 15.5 Å². The summed E-state index contributed by atoms with van der Waals surface area (Å²) >= 11 is 0. The van der Waals surface area contributed by atoms with Gasteiger partial charge in [0.1, 0.15) is 6.33 Å². The largest absolute Gasteiger partial charge is 0.419 e. The van der Waals surface area contributed by atoms with E-state index in [0.717, 1.165) is 40.4 Å². The summed E-state index contributed by atoms with van der Waals surface area (Å²) in [5.41, 5.74) is 3.86. The number of amides is 1. The third-order valence-corrected chi connectivity index (χ3v) is 6.16. The highest BCUT2D eigenvalue weighted by molar-refractivity contribution is 5.78. The van der Waals surface area contributed by atoms with Gasteiger partial charge in [-0.15, -0.1) is 0 Å². The fourth-order valence-electron chi connectivity index (χ4n) is 4.39. The van der Waals surface area contributed by atoms with E-state index in [4.69, 9.17) is 0 Å². The minimum Gasteiger partial charge on any atom is -0.340 e. The number of carbonyl (C=O) groups is 1. The van der Waals surface area contributed by atoms with Crippen LogP contribution in [0.1, 0.15) is 34.4 Å². The molecule has 0 radical (unpaired) electrons. The summed E-state index contributed by atoms with van der Waals surface area (Å²) in [5, 5.41) is 4.32. The number of hydrogen-bond acceptors (Lipinski definition) is 6. The zero-order chi connectivity index (χ0) is 22.6. The van der Waals surface area contributed by atoms with Gasteiger partial charge in [0.15, 0.2) is 5.65 Å². The maximum absolute atomic E-state index is 12.9. The first kappa shape index (κ1) is 20.4. The lowest BCUT2D eigenvalue weighted by atomic mass is 9.96. The van der Waals surface area contributed by atoms with Crippen molar-refractivity contribution >= 4 is 23.6 Å². The summed E-state index contributed by atoms with van der Waals surface area (Å²) in [6, 6.07) is 0. The molecule has 0 saturated carbocycles. The number of fused-ring (bicyclic) bond motifs is 3. The molecule has 2 aliphatic heterocycles. The van der Waals surface area contributed by atoms with Crippen LogP contribution >= 0.6 is 0 Å². The number of hydrogen-bond donors (Lipinski definition) is 0. The summed E-state index contributed by atoms with van der Waals surface area (Å²) in [5.74, 6) is 0.386. The summed E-state index contributed by atoms with van der Waals surface area (Å²) in [7, 11) is 0. The van der Waals surface area contributed by atoms with Crippen LogP contribution in [0.15, 0.2) is 25.3 Å². The van der Waals surface area contributed by atoms with Crippen LogP contribution in [0.5, 0.6) is 0 Å². The lowest BCUT2D eigenvalue weighted by molar-refractivity contribution is -0.138. The highest BCUT2D eigenvalue weighted by Crippen LogP contribution is 2.33. The number of halogens is 3. The molecule has 166 valence electrons. The van der Waals surface area contributed by atoms with Crippen LogP contribution in [-0.2, 0) is 24.1 Å². The highest BCUT2D eigenvalue weighted by atomic mass is 19.4. The quantitative estimate of drug-likeness (QED) is 0.617. The Balaban J connectivity index is 1.22. The molecule has 1 saturated heterocycles. The standard InChI is InChI=1S/C21H20F3N7O/c1-3-15-12(2)16-9-29(10-17(16)31-19(15)27-11-28-31)18(32)4-13-7-30(8-13)20-25-5-14(6-26-20)21(22,23)24/h3,5-6,11,13H,1,4,7-10H2,2H3. The second-order valence-corrected chi connectivity index (χ2v) is 8.16. The first-order chi connectivity index (χ1) is 15.3. The first-order valence-electron chi connectivity index (χ1n) is 10.1. The van der Waals surface area contributed by atoms with E-state index in [0.29, 0.717) is 32.6 Å². The summed E-state index contributed by atoms with van der Waals surface area (Å²) in [4.78, 5) is 28.5. The topological polar surface area (TPSA) is 79.5 Å². The van der Waals surface area contributed by atoms with Gasteiger partial charge in [0.05, 0.1) is 17.8 Å². The Morgan fingerprint density at radius 1 is 1.22 bits per heavy atom. The average molecular weight is 443 g/mol. The molecule has 0 spiro atoms. The van der Waals surface area contributed by atoms with Crippen LogP contribution in [0.2, 0.25) is 0 Å². The van der Waals surface area contributed by atoms with Crippen molar-refractivity contribution in [1.82, 2.24) is 29.5 Å². The van der Waals surface area contributed by atoms with E-state index >= 15 is 0 Å². The second-order valence-electron chi connectivity index (χ2n) is 8.16. The Morgan fingerprint density at radius 2 is 1.94 bits per heavy atom. The van der Waals surface area contributed by atoms with Gasteiger partial charge in [0, 0.05) is 49.9 Å². The predicted octanol–water partition coefficient (Wildman–Crippen LogP) is 2.86. The van der Waals surface area contributed by atoms with E-state index in [-0.39, 0.29) is 17.8 Å². The molecule has 11 heteroatoms. The molecule has 0 unspecified atom stereocenters. The molecule has 0 aromatic carbocycles. The normalized spacial score (nSPS) is 16.4. The molecule has 0 bridgehead atoms. The Bertz CT molecular complexity index is 1210. The molecule has 5 rings (SSSR count). The van der Waals surface area contributed by atoms with Crippen LogP contribution in [0.25, 0.3) is 11.7 Å². The monoisotopic (exact) mass is 443 g/mol. The Labute approximate surface area is 181 Å². The van der Waals surface area contributed by atoms with E-state index in [9.17, 15) is 18.0 Å². The molecule has 8 nitrogen and oxygen atoms in total. The zero-order valence-corrected chi connectivity index (χ0v) is 17.3. The van der Waals surface area contributed by atoms with E-state index in [1.165, 1.54) is 6.33 Å². The van der Waals surface area contributed by atoms with Gasteiger partial charge in [-0.2, -0.15) is 18.3 Å². The summed E-state index contributed by atoms with van der Waals surface area (Å²) < 4.78 is 39.7. The number of aromatic nitrogens is 5. The van der Waals surface area contributed by atoms with Gasteiger partial charge in [-0.05, 0) is 18.1 Å². The smallest absolute Gasteiger partial charge is 0.340 e. The van der Waals surface area contributed by atoms with Crippen molar-refractivity contribution < 1.29 is 18.0 Å². The van der Waals surface area contributed by atoms with E-state index < -0.39 is 11.7 Å². The molecule has 0 N–H and O–H groups in total. The van der Waals surface area contributed by atoms with Crippen molar-refractivity contribution in [2.45, 2.75) is 32.6 Å². The minimum absolute atomic E-state index is 0.0343. The Morgan fingerprint density at radius 3 is 2.59 bits per heavy atom. The number of rotatable bonds is 4. The van der Waals surface area contributed by atoms with Crippen LogP contribution < -0.4 is 4.90 Å². The number of anilines is 1. The van der Waals surface area contributed by atoms with Crippen molar-refractivity contribution in [3.05, 3.63) is 53.2 Å². The number of carbonyl (C=O) groups excluding carboxylic acids is 1. The van der Waals surface area contributed by atoms with Crippen LogP contribution in [-0.4, -0.2) is 48.5 Å². The van der Waals surface area contributed by atoms with Gasteiger partial charge < -0.3 is 9.80 Å². The fraction of sp³-hybridized carbons (Fsp3) is 0.381. The van der Waals surface area contributed by atoms with E-state index in [2.05, 4.69) is 26.6 Å². The Kier molecular flexibility index (Phi) is 4.64. The van der Waals surface area contributed by atoms with Crippen LogP contribution in [0.3, 0.4) is 0 Å². The highest BCUT2D eigenvalue weighted by Gasteiger charge is 2.36. The number of pyridine rings is 1. The average Bonchev–Trinajstić information content (AvgIpc) is 3.37. The molecule has 0 aliphatic carbocycles. The SMILES string of the molecule is C=Cc1c(C)c2c(n3ncnc13)CN(C(=O)CC1CN(c3ncc(C(F)(F)F)cn3)C1)C2. The maximum atomic E-state index is 12.9. The molecule has 1 amide bonds. The third kappa shape index (κ3) is 3.28. The van der Waals surface area contributed by atoms with Crippen LogP contribution in [0, 0.1) is 12.8 Å². The van der Waals surface area contributed by atoms with Crippen molar-refractivity contribution in [1.29, 1.82) is 0 Å². The van der Waals surface area contributed by atoms with Gasteiger partial charge in [0.2, 0.25) is 11.9 Å². The lowest BCUT2D eigenvalue weighted by Crippen LogP contribution is -2.49. The number of nitrogens with zero attached hydrogens (tertiary/aromatic N) is 7. The van der Waals surface area contributed by atoms with Gasteiger partial charge in [-0.25, -0.2) is 19.5 Å². The molecule has 5 heterocycles. The van der Waals surface area contributed by atoms with Gasteiger partial charge >= 0.3 is 6.18 Å². The van der Waals surface area contributed by atoms with Crippen molar-refractivity contribution in [3.63, 3.8) is 0 Å². The summed E-state index contributed by atoms with van der Waals surface area (Å²) in [6.07, 6.45) is 0.729. The van der Waals surface area contributed by atoms with E-state index in [1.807, 2.05) is 11.8 Å². The molecule has 2 aliphatic rings. The molecule has 1 fully saturated rings. The van der Waals surface area contributed by atoms with Crippen molar-refractivity contribution in [3.8, 4) is 0 Å². The molecule has 32 heavy (non-hydrogen) atoms. The van der Waals surface area contributed by atoms with Crippen molar-refractivity contribution in [2.75, 3.05) is 18.0 Å². The predicted molar refractivity (Wildman–Crippen MR) is 109 cm³/mol. The zero-order valence-electron chi connectivity index (χ0n) is 17.3. The second kappa shape index (κ2) is 7.28. The van der Waals surface area contributed by atoms with Gasteiger partial charge in [-0.3, -0.25) is 4.79 Å². The van der Waals surface area contributed by atoms with Crippen molar-refractivity contribution in [2.24, 2.45) is 5.92 Å². The molecule has 0 atom stereocenters. The third-order valence-electron chi connectivity index (χ3n) is 6.16. The lowest BCUT2D eigenvalue weighted by Gasteiger charge is -2.39. The van der Waals surface area contributed by atoms with Crippen LogP contribution in [0.4, 0.5) is 19.1 Å². The van der Waals surface area contributed by atoms with Gasteiger partial charge in [0.25, 0.3) is 0 Å². The fourth-order valence-corrected chi connectivity index (χ4v) is 4.39.